The summed E-state index contributed by atoms with van der Waals surface area (Å²) in [6.45, 7) is 11.1. The van der Waals surface area contributed by atoms with Gasteiger partial charge in [0, 0.05) is 45.8 Å². The van der Waals surface area contributed by atoms with E-state index >= 15 is 0 Å². The van der Waals surface area contributed by atoms with Gasteiger partial charge in [-0.15, -0.1) is 11.3 Å². The Balaban J connectivity index is 1.72. The fraction of sp³-hybridized carbons (Fsp3) is 0.407. The SMILES string of the molecule is Cc1cc(C=Nc2sc3c(c2C(=O)Nc2ccc(Cl)cc2)CC[C@@H](C(C)(C)C)C3)c(C)n1C. The molecule has 0 spiro atoms. The molecule has 0 aliphatic heterocycles. The van der Waals surface area contributed by atoms with E-state index in [-0.39, 0.29) is 11.3 Å². The van der Waals surface area contributed by atoms with E-state index in [1.165, 1.54) is 16.1 Å². The van der Waals surface area contributed by atoms with E-state index in [1.54, 1.807) is 23.5 Å². The van der Waals surface area contributed by atoms with Crippen molar-refractivity contribution < 1.29 is 4.79 Å². The third-order valence-corrected chi connectivity index (χ3v) is 8.35. The maximum atomic E-state index is 13.5. The van der Waals surface area contributed by atoms with Crippen molar-refractivity contribution in [3.63, 3.8) is 0 Å². The highest BCUT2D eigenvalue weighted by Gasteiger charge is 2.33. The molecule has 1 amide bonds. The van der Waals surface area contributed by atoms with Crippen molar-refractivity contribution in [2.45, 2.75) is 53.9 Å². The minimum absolute atomic E-state index is 0.0999. The third-order valence-electron chi connectivity index (χ3n) is 6.94. The smallest absolute Gasteiger partial charge is 0.259 e. The molecule has 0 saturated heterocycles. The number of aliphatic imine (C=N–C) groups is 1. The zero-order valence-corrected chi connectivity index (χ0v) is 21.8. The molecular formula is C27H32ClN3OS. The Morgan fingerprint density at radius 1 is 1.24 bits per heavy atom. The third kappa shape index (κ3) is 4.95. The molecule has 0 unspecified atom stereocenters. The van der Waals surface area contributed by atoms with Gasteiger partial charge in [-0.25, -0.2) is 4.99 Å². The van der Waals surface area contributed by atoms with Crippen LogP contribution in [0.25, 0.3) is 0 Å². The summed E-state index contributed by atoms with van der Waals surface area (Å²) in [4.78, 5) is 19.6. The number of aryl methyl sites for hydroxylation is 1. The Bertz CT molecular complexity index is 1210. The summed E-state index contributed by atoms with van der Waals surface area (Å²) in [5.41, 5.74) is 6.30. The quantitative estimate of drug-likeness (QED) is 0.385. The van der Waals surface area contributed by atoms with Crippen LogP contribution in [0, 0.1) is 25.2 Å². The molecule has 33 heavy (non-hydrogen) atoms. The van der Waals surface area contributed by atoms with Gasteiger partial charge in [0.05, 0.1) is 5.56 Å². The molecule has 2 aromatic heterocycles. The first kappa shape index (κ1) is 23.8. The van der Waals surface area contributed by atoms with Crippen LogP contribution in [0.2, 0.25) is 5.02 Å². The summed E-state index contributed by atoms with van der Waals surface area (Å²) >= 11 is 7.68. The largest absolute Gasteiger partial charge is 0.352 e. The van der Waals surface area contributed by atoms with Crippen molar-refractivity contribution in [2.24, 2.45) is 23.4 Å². The number of benzene rings is 1. The lowest BCUT2D eigenvalue weighted by atomic mass is 9.72. The predicted octanol–water partition coefficient (Wildman–Crippen LogP) is 7.51. The molecular weight excluding hydrogens is 450 g/mol. The minimum atomic E-state index is -0.0999. The zero-order valence-electron chi connectivity index (χ0n) is 20.3. The van der Waals surface area contributed by atoms with Crippen LogP contribution < -0.4 is 5.32 Å². The number of thiophene rings is 1. The Hall–Kier alpha value is -2.37. The van der Waals surface area contributed by atoms with Gasteiger partial charge in [0.1, 0.15) is 5.00 Å². The van der Waals surface area contributed by atoms with Crippen LogP contribution in [-0.2, 0) is 19.9 Å². The van der Waals surface area contributed by atoms with Crippen LogP contribution in [0.5, 0.6) is 0 Å². The van der Waals surface area contributed by atoms with Crippen molar-refractivity contribution in [1.29, 1.82) is 0 Å². The number of carbonyl (C=O) groups is 1. The van der Waals surface area contributed by atoms with Gasteiger partial charge in [0.15, 0.2) is 0 Å². The maximum absolute atomic E-state index is 13.5. The molecule has 1 aliphatic carbocycles. The topological polar surface area (TPSA) is 46.4 Å². The first-order valence-electron chi connectivity index (χ1n) is 11.4. The molecule has 2 heterocycles. The Morgan fingerprint density at radius 2 is 1.94 bits per heavy atom. The molecule has 4 nitrogen and oxygen atoms in total. The summed E-state index contributed by atoms with van der Waals surface area (Å²) in [6, 6.07) is 9.36. The van der Waals surface area contributed by atoms with Gasteiger partial charge >= 0.3 is 0 Å². The predicted molar refractivity (Wildman–Crippen MR) is 141 cm³/mol. The van der Waals surface area contributed by atoms with E-state index in [9.17, 15) is 4.79 Å². The Morgan fingerprint density at radius 3 is 2.55 bits per heavy atom. The van der Waals surface area contributed by atoms with E-state index in [4.69, 9.17) is 16.6 Å². The first-order chi connectivity index (χ1) is 15.5. The zero-order chi connectivity index (χ0) is 23.9. The van der Waals surface area contributed by atoms with Crippen LogP contribution >= 0.6 is 22.9 Å². The molecule has 0 radical (unpaired) electrons. The maximum Gasteiger partial charge on any atom is 0.259 e. The van der Waals surface area contributed by atoms with Crippen molar-refractivity contribution in [3.8, 4) is 0 Å². The Kier molecular flexibility index (Phi) is 6.56. The molecule has 1 aromatic carbocycles. The fourth-order valence-corrected chi connectivity index (χ4v) is 5.90. The normalized spacial score (nSPS) is 16.3. The van der Waals surface area contributed by atoms with Crippen molar-refractivity contribution in [3.05, 3.63) is 68.3 Å². The molecule has 1 N–H and O–H groups in total. The van der Waals surface area contributed by atoms with Crippen LogP contribution in [0.1, 0.15) is 64.9 Å². The molecule has 6 heteroatoms. The number of halogens is 1. The average Bonchev–Trinajstić information content (AvgIpc) is 3.24. The van der Waals surface area contributed by atoms with Gasteiger partial charge < -0.3 is 9.88 Å². The lowest BCUT2D eigenvalue weighted by molar-refractivity contribution is 0.102. The number of aromatic nitrogens is 1. The number of anilines is 1. The number of amides is 1. The lowest BCUT2D eigenvalue weighted by Crippen LogP contribution is -2.27. The van der Waals surface area contributed by atoms with E-state index in [0.29, 0.717) is 10.9 Å². The number of fused-ring (bicyclic) bond motifs is 1. The lowest BCUT2D eigenvalue weighted by Gasteiger charge is -2.33. The number of hydrogen-bond donors (Lipinski definition) is 1. The van der Waals surface area contributed by atoms with Crippen LogP contribution in [-0.4, -0.2) is 16.7 Å². The van der Waals surface area contributed by atoms with Crippen molar-refractivity contribution in [2.75, 3.05) is 5.32 Å². The highest BCUT2D eigenvalue weighted by atomic mass is 35.5. The molecule has 4 rings (SSSR count). The number of nitrogens with one attached hydrogen (secondary N) is 1. The highest BCUT2D eigenvalue weighted by Crippen LogP contribution is 2.45. The Labute approximate surface area is 205 Å². The van der Waals surface area contributed by atoms with E-state index in [1.807, 2.05) is 18.3 Å². The van der Waals surface area contributed by atoms with Gasteiger partial charge in [0.2, 0.25) is 0 Å². The molecule has 0 fully saturated rings. The monoisotopic (exact) mass is 481 g/mol. The molecule has 0 bridgehead atoms. The fourth-order valence-electron chi connectivity index (χ4n) is 4.51. The van der Waals surface area contributed by atoms with Crippen molar-refractivity contribution >= 4 is 45.7 Å². The molecule has 174 valence electrons. The average molecular weight is 482 g/mol. The van der Waals surface area contributed by atoms with Crippen LogP contribution in [0.15, 0.2) is 35.3 Å². The number of nitrogens with zero attached hydrogens (tertiary/aromatic N) is 2. The first-order valence-corrected chi connectivity index (χ1v) is 12.6. The second-order valence-electron chi connectivity index (χ2n) is 10.1. The van der Waals surface area contributed by atoms with Gasteiger partial charge in [0.25, 0.3) is 5.91 Å². The minimum Gasteiger partial charge on any atom is -0.352 e. The second kappa shape index (κ2) is 9.11. The summed E-state index contributed by atoms with van der Waals surface area (Å²) in [6.07, 6.45) is 4.91. The van der Waals surface area contributed by atoms with Crippen LogP contribution in [0.3, 0.4) is 0 Å². The summed E-state index contributed by atoms with van der Waals surface area (Å²) in [7, 11) is 2.06. The number of hydrogen-bond acceptors (Lipinski definition) is 3. The summed E-state index contributed by atoms with van der Waals surface area (Å²) in [5, 5.41) is 4.50. The number of carbonyl (C=O) groups excluding carboxylic acids is 1. The molecule has 3 aromatic rings. The van der Waals surface area contributed by atoms with Gasteiger partial charge in [-0.05, 0) is 80.3 Å². The highest BCUT2D eigenvalue weighted by molar-refractivity contribution is 7.16. The summed E-state index contributed by atoms with van der Waals surface area (Å²) in [5.74, 6) is 0.504. The number of rotatable bonds is 4. The summed E-state index contributed by atoms with van der Waals surface area (Å²) < 4.78 is 2.16. The van der Waals surface area contributed by atoms with Crippen LogP contribution in [0.4, 0.5) is 10.7 Å². The molecule has 0 saturated carbocycles. The second-order valence-corrected chi connectivity index (χ2v) is 11.6. The van der Waals surface area contributed by atoms with Crippen molar-refractivity contribution in [1.82, 2.24) is 4.57 Å². The van der Waals surface area contributed by atoms with Gasteiger partial charge in [-0.1, -0.05) is 32.4 Å². The van der Waals surface area contributed by atoms with E-state index < -0.39 is 0 Å². The standard InChI is InChI=1S/C27H32ClN3OS/c1-16-13-18(17(2)31(16)6)15-29-26-24(25(32)30-21-10-8-20(28)9-11-21)22-12-7-19(27(3,4)5)14-23(22)33-26/h8-11,13,15,19H,7,12,14H2,1-6H3,(H,30,32)/t19-/m1/s1. The molecule has 1 atom stereocenters. The van der Waals surface area contributed by atoms with E-state index in [0.717, 1.165) is 46.8 Å². The van der Waals surface area contributed by atoms with Gasteiger partial charge in [-0.3, -0.25) is 4.79 Å². The molecule has 1 aliphatic rings. The van der Waals surface area contributed by atoms with Gasteiger partial charge in [-0.2, -0.15) is 0 Å². The van der Waals surface area contributed by atoms with E-state index in [2.05, 4.69) is 57.6 Å².